The highest BCUT2D eigenvalue weighted by Gasteiger charge is 2.30. The van der Waals surface area contributed by atoms with Gasteiger partial charge in [-0.05, 0) is 37.7 Å². The largest absolute Gasteiger partial charge is 0.396 e. The van der Waals surface area contributed by atoms with Gasteiger partial charge in [-0.25, -0.2) is 0 Å². The van der Waals surface area contributed by atoms with Crippen molar-refractivity contribution < 1.29 is 9.90 Å². The second-order valence-corrected chi connectivity index (χ2v) is 5.82. The van der Waals surface area contributed by atoms with E-state index < -0.39 is 0 Å². The van der Waals surface area contributed by atoms with E-state index in [0.717, 1.165) is 31.4 Å². The van der Waals surface area contributed by atoms with Crippen LogP contribution in [0.4, 0.5) is 0 Å². The van der Waals surface area contributed by atoms with Crippen molar-refractivity contribution in [3.63, 3.8) is 0 Å². The van der Waals surface area contributed by atoms with Gasteiger partial charge in [0.15, 0.2) is 0 Å². The summed E-state index contributed by atoms with van der Waals surface area (Å²) in [6, 6.07) is 10.2. The third-order valence-corrected chi connectivity index (χ3v) is 4.33. The first-order valence-corrected chi connectivity index (χ1v) is 7.91. The molecule has 1 aromatic rings. The summed E-state index contributed by atoms with van der Waals surface area (Å²) in [6.07, 6.45) is 4.55. The van der Waals surface area contributed by atoms with E-state index >= 15 is 0 Å². The third kappa shape index (κ3) is 4.29. The summed E-state index contributed by atoms with van der Waals surface area (Å²) in [5.74, 6) is -0.00815. The Kier molecular flexibility index (Phi) is 6.21. The molecule has 21 heavy (non-hydrogen) atoms. The maximum atomic E-state index is 12.8. The van der Waals surface area contributed by atoms with Gasteiger partial charge in [-0.2, -0.15) is 0 Å². The van der Waals surface area contributed by atoms with Crippen LogP contribution in [0.3, 0.4) is 0 Å². The quantitative estimate of drug-likeness (QED) is 0.835. The second kappa shape index (κ2) is 8.15. The molecule has 1 aromatic carbocycles. The minimum absolute atomic E-state index is 0.139. The van der Waals surface area contributed by atoms with Gasteiger partial charge in [0.05, 0.1) is 5.92 Å². The Balaban J connectivity index is 2.04. The Morgan fingerprint density at radius 1 is 1.33 bits per heavy atom. The maximum Gasteiger partial charge on any atom is 0.227 e. The minimum Gasteiger partial charge on any atom is -0.396 e. The molecule has 0 spiro atoms. The van der Waals surface area contributed by atoms with E-state index in [1.807, 2.05) is 35.2 Å². The van der Waals surface area contributed by atoms with Crippen molar-refractivity contribution in [2.45, 2.75) is 38.1 Å². The Labute approximate surface area is 126 Å². The number of nitrogens with two attached hydrogens (primary N) is 1. The molecule has 1 amide bonds. The van der Waals surface area contributed by atoms with Crippen molar-refractivity contribution in [2.24, 2.45) is 11.7 Å². The smallest absolute Gasteiger partial charge is 0.227 e. The molecule has 1 heterocycles. The van der Waals surface area contributed by atoms with Gasteiger partial charge in [0.1, 0.15) is 0 Å². The van der Waals surface area contributed by atoms with E-state index in [9.17, 15) is 9.90 Å². The Bertz CT molecular complexity index is 434. The van der Waals surface area contributed by atoms with Crippen LogP contribution in [0.25, 0.3) is 0 Å². The fourth-order valence-electron chi connectivity index (χ4n) is 3.14. The minimum atomic E-state index is -0.160. The van der Waals surface area contributed by atoms with Crippen LogP contribution >= 0.6 is 0 Å². The highest BCUT2D eigenvalue weighted by molar-refractivity contribution is 5.79. The van der Waals surface area contributed by atoms with Crippen molar-refractivity contribution in [1.29, 1.82) is 0 Å². The van der Waals surface area contributed by atoms with Gasteiger partial charge in [0.2, 0.25) is 5.91 Å². The van der Waals surface area contributed by atoms with Gasteiger partial charge in [0, 0.05) is 25.7 Å². The molecule has 2 atom stereocenters. The molecule has 1 saturated heterocycles. The summed E-state index contributed by atoms with van der Waals surface area (Å²) < 4.78 is 0. The first-order chi connectivity index (χ1) is 10.3. The fourth-order valence-corrected chi connectivity index (χ4v) is 3.14. The van der Waals surface area contributed by atoms with E-state index in [-0.39, 0.29) is 24.5 Å². The van der Waals surface area contributed by atoms with E-state index in [2.05, 4.69) is 0 Å². The number of amides is 1. The molecule has 0 radical (unpaired) electrons. The summed E-state index contributed by atoms with van der Waals surface area (Å²) >= 11 is 0. The molecule has 4 heteroatoms. The summed E-state index contributed by atoms with van der Waals surface area (Å²) in [7, 11) is 0. The highest BCUT2D eigenvalue weighted by atomic mass is 16.3. The second-order valence-electron chi connectivity index (χ2n) is 5.82. The number of piperidine rings is 1. The molecule has 3 N–H and O–H groups in total. The summed E-state index contributed by atoms with van der Waals surface area (Å²) in [5, 5.41) is 9.19. The lowest BCUT2D eigenvalue weighted by Gasteiger charge is -2.37. The molecular weight excluding hydrogens is 264 g/mol. The lowest BCUT2D eigenvalue weighted by Crippen LogP contribution is -2.48. The third-order valence-electron chi connectivity index (χ3n) is 4.33. The van der Waals surface area contributed by atoms with Crippen molar-refractivity contribution in [1.82, 2.24) is 4.90 Å². The molecule has 1 aliphatic heterocycles. The van der Waals surface area contributed by atoms with Crippen LogP contribution in [0.15, 0.2) is 30.3 Å². The van der Waals surface area contributed by atoms with Crippen LogP contribution in [0.2, 0.25) is 0 Å². The average molecular weight is 290 g/mol. The number of hydrogen-bond donors (Lipinski definition) is 2. The zero-order valence-corrected chi connectivity index (χ0v) is 12.6. The van der Waals surface area contributed by atoms with Crippen LogP contribution < -0.4 is 5.73 Å². The average Bonchev–Trinajstić information content (AvgIpc) is 2.54. The van der Waals surface area contributed by atoms with Gasteiger partial charge in [0.25, 0.3) is 0 Å². The number of carbonyl (C=O) groups is 1. The predicted molar refractivity (Wildman–Crippen MR) is 83.7 cm³/mol. The van der Waals surface area contributed by atoms with Crippen molar-refractivity contribution in [2.75, 3.05) is 19.7 Å². The molecule has 2 rings (SSSR count). The molecule has 0 saturated carbocycles. The fraction of sp³-hybridized carbons (Fsp3) is 0.588. The summed E-state index contributed by atoms with van der Waals surface area (Å²) in [4.78, 5) is 14.7. The van der Waals surface area contributed by atoms with Crippen LogP contribution in [-0.2, 0) is 11.2 Å². The first kappa shape index (κ1) is 16.0. The molecule has 116 valence electrons. The Hall–Kier alpha value is -1.39. The topological polar surface area (TPSA) is 66.6 Å². The van der Waals surface area contributed by atoms with E-state index in [0.29, 0.717) is 19.4 Å². The molecule has 1 fully saturated rings. The van der Waals surface area contributed by atoms with E-state index in [1.165, 1.54) is 0 Å². The zero-order chi connectivity index (χ0) is 15.1. The Morgan fingerprint density at radius 3 is 2.76 bits per heavy atom. The van der Waals surface area contributed by atoms with Gasteiger partial charge in [-0.15, -0.1) is 0 Å². The lowest BCUT2D eigenvalue weighted by molar-refractivity contribution is -0.139. The van der Waals surface area contributed by atoms with Gasteiger partial charge >= 0.3 is 0 Å². The Morgan fingerprint density at radius 2 is 2.10 bits per heavy atom. The molecule has 0 aliphatic carbocycles. The highest BCUT2D eigenvalue weighted by Crippen LogP contribution is 2.22. The van der Waals surface area contributed by atoms with Gasteiger partial charge < -0.3 is 15.7 Å². The first-order valence-electron chi connectivity index (χ1n) is 7.91. The van der Waals surface area contributed by atoms with Crippen LogP contribution in [-0.4, -0.2) is 41.7 Å². The monoisotopic (exact) mass is 290 g/mol. The van der Waals surface area contributed by atoms with E-state index in [4.69, 9.17) is 5.73 Å². The number of nitrogens with zero attached hydrogens (tertiary/aromatic N) is 1. The maximum absolute atomic E-state index is 12.8. The zero-order valence-electron chi connectivity index (χ0n) is 12.6. The molecule has 0 bridgehead atoms. The van der Waals surface area contributed by atoms with E-state index in [1.54, 1.807) is 0 Å². The normalized spacial score (nSPS) is 20.3. The number of aliphatic hydroxyl groups excluding tert-OH is 1. The van der Waals surface area contributed by atoms with Gasteiger partial charge in [-0.3, -0.25) is 4.79 Å². The lowest BCUT2D eigenvalue weighted by atomic mass is 9.93. The van der Waals surface area contributed by atoms with Crippen molar-refractivity contribution in [3.05, 3.63) is 35.9 Å². The predicted octanol–water partition coefficient (Wildman–Crippen LogP) is 1.57. The summed E-state index contributed by atoms with van der Waals surface area (Å²) in [5.41, 5.74) is 7.00. The van der Waals surface area contributed by atoms with Crippen LogP contribution in [0, 0.1) is 5.92 Å². The number of hydrogen-bond acceptors (Lipinski definition) is 3. The molecule has 4 nitrogen and oxygen atoms in total. The molecule has 1 aliphatic rings. The van der Waals surface area contributed by atoms with Crippen LogP contribution in [0.1, 0.15) is 31.2 Å². The molecule has 0 aromatic heterocycles. The standard InChI is InChI=1S/C17H26N2O2/c18-13-15(12-14-6-2-1-3-7-14)17(21)19-10-5-4-8-16(19)9-11-20/h1-3,6-7,15-16,20H,4-5,8-13,18H2. The van der Waals surface area contributed by atoms with Gasteiger partial charge in [-0.1, -0.05) is 30.3 Å². The number of rotatable bonds is 6. The molecular formula is C17H26N2O2. The summed E-state index contributed by atoms with van der Waals surface area (Å²) in [6.45, 7) is 1.31. The van der Waals surface area contributed by atoms with Crippen molar-refractivity contribution in [3.8, 4) is 0 Å². The number of aliphatic hydroxyl groups is 1. The SMILES string of the molecule is NCC(Cc1ccccc1)C(=O)N1CCCCC1CCO. The number of carbonyl (C=O) groups excluding carboxylic acids is 1. The van der Waals surface area contributed by atoms with Crippen molar-refractivity contribution >= 4 is 5.91 Å². The molecule has 2 unspecified atom stereocenters. The van der Waals surface area contributed by atoms with Crippen LogP contribution in [0.5, 0.6) is 0 Å². The number of likely N-dealkylation sites (tertiary alicyclic amines) is 1. The number of benzene rings is 1.